The normalized spacial score (nSPS) is 15.1. The maximum absolute atomic E-state index is 11.2. The predicted octanol–water partition coefficient (Wildman–Crippen LogP) is 1.43. The zero-order valence-corrected chi connectivity index (χ0v) is 12.2. The number of nitrogens with two attached hydrogens (primary N) is 1. The number of ether oxygens (including phenoxy) is 4. The summed E-state index contributed by atoms with van der Waals surface area (Å²) in [5.74, 6) is 1.05. The number of rotatable bonds is 6. The SMILES string of the molecule is CCOC(=O)COCC(N)c1ccc2c(c1)OCCCO2. The minimum absolute atomic E-state index is 0.0912. The molecule has 2 rings (SSSR count). The van der Waals surface area contributed by atoms with Gasteiger partial charge in [0, 0.05) is 6.42 Å². The topological polar surface area (TPSA) is 80.0 Å². The van der Waals surface area contributed by atoms with Crippen LogP contribution in [0.3, 0.4) is 0 Å². The molecule has 21 heavy (non-hydrogen) atoms. The lowest BCUT2D eigenvalue weighted by atomic mass is 10.1. The minimum Gasteiger partial charge on any atom is -0.490 e. The summed E-state index contributed by atoms with van der Waals surface area (Å²) in [6.07, 6.45) is 0.860. The second kappa shape index (κ2) is 7.85. The Balaban J connectivity index is 1.89. The van der Waals surface area contributed by atoms with Gasteiger partial charge in [0.05, 0.1) is 32.5 Å². The quantitative estimate of drug-likeness (QED) is 0.800. The van der Waals surface area contributed by atoms with Gasteiger partial charge in [0.1, 0.15) is 6.61 Å². The number of hydrogen-bond donors (Lipinski definition) is 1. The summed E-state index contributed by atoms with van der Waals surface area (Å²) in [5, 5.41) is 0. The second-order valence-electron chi connectivity index (χ2n) is 4.68. The van der Waals surface area contributed by atoms with Crippen molar-refractivity contribution in [3.8, 4) is 11.5 Å². The molecule has 0 aliphatic carbocycles. The molecule has 0 saturated carbocycles. The molecule has 116 valence electrons. The van der Waals surface area contributed by atoms with Gasteiger partial charge in [0.15, 0.2) is 11.5 Å². The van der Waals surface area contributed by atoms with Gasteiger partial charge < -0.3 is 24.7 Å². The molecule has 1 aromatic carbocycles. The van der Waals surface area contributed by atoms with Gasteiger partial charge in [-0.3, -0.25) is 0 Å². The number of hydrogen-bond acceptors (Lipinski definition) is 6. The van der Waals surface area contributed by atoms with Crippen LogP contribution in [0.1, 0.15) is 24.9 Å². The van der Waals surface area contributed by atoms with Crippen LogP contribution < -0.4 is 15.2 Å². The molecule has 0 fully saturated rings. The molecule has 0 saturated heterocycles. The number of carbonyl (C=O) groups excluding carboxylic acids is 1. The van der Waals surface area contributed by atoms with E-state index in [9.17, 15) is 4.79 Å². The first kappa shape index (κ1) is 15.6. The van der Waals surface area contributed by atoms with E-state index in [1.807, 2.05) is 18.2 Å². The van der Waals surface area contributed by atoms with Crippen molar-refractivity contribution in [1.29, 1.82) is 0 Å². The van der Waals surface area contributed by atoms with Crippen molar-refractivity contribution >= 4 is 5.97 Å². The fourth-order valence-corrected chi connectivity index (χ4v) is 1.98. The highest BCUT2D eigenvalue weighted by molar-refractivity contribution is 5.70. The molecule has 2 N–H and O–H groups in total. The van der Waals surface area contributed by atoms with Crippen molar-refractivity contribution in [2.75, 3.05) is 33.0 Å². The fraction of sp³-hybridized carbons (Fsp3) is 0.533. The van der Waals surface area contributed by atoms with Crippen LogP contribution in [0.15, 0.2) is 18.2 Å². The molecule has 0 bridgehead atoms. The average Bonchev–Trinajstić information content (AvgIpc) is 2.71. The van der Waals surface area contributed by atoms with E-state index in [-0.39, 0.29) is 25.2 Å². The molecular weight excluding hydrogens is 274 g/mol. The van der Waals surface area contributed by atoms with Crippen LogP contribution in [-0.2, 0) is 14.3 Å². The molecule has 1 heterocycles. The Morgan fingerprint density at radius 1 is 1.33 bits per heavy atom. The molecule has 0 aromatic heterocycles. The molecular formula is C15H21NO5. The summed E-state index contributed by atoms with van der Waals surface area (Å²) in [6.45, 7) is 3.52. The van der Waals surface area contributed by atoms with Crippen LogP contribution in [0, 0.1) is 0 Å². The minimum atomic E-state index is -0.386. The maximum Gasteiger partial charge on any atom is 0.332 e. The number of esters is 1. The second-order valence-corrected chi connectivity index (χ2v) is 4.68. The number of carbonyl (C=O) groups is 1. The molecule has 6 heteroatoms. The standard InChI is InChI=1S/C15H21NO5/c1-2-19-15(17)10-18-9-12(16)11-4-5-13-14(8-11)21-7-3-6-20-13/h4-5,8,12H,2-3,6-7,9-10,16H2,1H3. The van der Waals surface area contributed by atoms with Crippen molar-refractivity contribution in [3.63, 3.8) is 0 Å². The van der Waals surface area contributed by atoms with Crippen molar-refractivity contribution < 1.29 is 23.7 Å². The summed E-state index contributed by atoms with van der Waals surface area (Å²) < 4.78 is 21.2. The third-order valence-electron chi connectivity index (χ3n) is 3.02. The molecule has 0 radical (unpaired) electrons. The largest absolute Gasteiger partial charge is 0.490 e. The van der Waals surface area contributed by atoms with Crippen LogP contribution in [0.2, 0.25) is 0 Å². The maximum atomic E-state index is 11.2. The van der Waals surface area contributed by atoms with Crippen molar-refractivity contribution in [1.82, 2.24) is 0 Å². The lowest BCUT2D eigenvalue weighted by Gasteiger charge is -2.15. The Labute approximate surface area is 124 Å². The van der Waals surface area contributed by atoms with E-state index in [1.165, 1.54) is 0 Å². The zero-order chi connectivity index (χ0) is 15.1. The first-order chi connectivity index (χ1) is 10.2. The number of benzene rings is 1. The molecule has 1 aliphatic rings. The lowest BCUT2D eigenvalue weighted by molar-refractivity contribution is -0.148. The Kier molecular flexibility index (Phi) is 5.83. The highest BCUT2D eigenvalue weighted by Gasteiger charge is 2.14. The Morgan fingerprint density at radius 2 is 2.10 bits per heavy atom. The van der Waals surface area contributed by atoms with Gasteiger partial charge in [-0.05, 0) is 24.6 Å². The third kappa shape index (κ3) is 4.61. The average molecular weight is 295 g/mol. The highest BCUT2D eigenvalue weighted by atomic mass is 16.6. The van der Waals surface area contributed by atoms with Crippen LogP contribution in [-0.4, -0.2) is 39.0 Å². The fourth-order valence-electron chi connectivity index (χ4n) is 1.98. The van der Waals surface area contributed by atoms with E-state index in [0.717, 1.165) is 17.7 Å². The first-order valence-corrected chi connectivity index (χ1v) is 7.09. The van der Waals surface area contributed by atoms with Gasteiger partial charge in [-0.1, -0.05) is 6.07 Å². The van der Waals surface area contributed by atoms with Crippen LogP contribution in [0.4, 0.5) is 0 Å². The smallest absolute Gasteiger partial charge is 0.332 e. The zero-order valence-electron chi connectivity index (χ0n) is 12.2. The van der Waals surface area contributed by atoms with Gasteiger partial charge in [0.25, 0.3) is 0 Å². The van der Waals surface area contributed by atoms with Gasteiger partial charge in [-0.2, -0.15) is 0 Å². The summed E-state index contributed by atoms with van der Waals surface area (Å²) in [6, 6.07) is 5.25. The highest BCUT2D eigenvalue weighted by Crippen LogP contribution is 2.31. The molecule has 0 amide bonds. The van der Waals surface area contributed by atoms with E-state index < -0.39 is 0 Å². The molecule has 0 spiro atoms. The van der Waals surface area contributed by atoms with E-state index in [2.05, 4.69) is 0 Å². The third-order valence-corrected chi connectivity index (χ3v) is 3.02. The van der Waals surface area contributed by atoms with E-state index >= 15 is 0 Å². The van der Waals surface area contributed by atoms with Crippen LogP contribution in [0.25, 0.3) is 0 Å². The first-order valence-electron chi connectivity index (χ1n) is 7.09. The summed E-state index contributed by atoms with van der Waals surface area (Å²) in [4.78, 5) is 11.2. The van der Waals surface area contributed by atoms with Crippen LogP contribution in [0.5, 0.6) is 11.5 Å². The summed E-state index contributed by atoms with van der Waals surface area (Å²) in [5.41, 5.74) is 6.93. The predicted molar refractivity (Wildman–Crippen MR) is 76.4 cm³/mol. The van der Waals surface area contributed by atoms with Crippen molar-refractivity contribution in [2.24, 2.45) is 5.73 Å². The number of fused-ring (bicyclic) bond motifs is 1. The van der Waals surface area contributed by atoms with Gasteiger partial charge in [-0.15, -0.1) is 0 Å². The summed E-state index contributed by atoms with van der Waals surface area (Å²) in [7, 11) is 0. The Morgan fingerprint density at radius 3 is 2.86 bits per heavy atom. The Bertz CT molecular complexity index is 477. The van der Waals surface area contributed by atoms with E-state index in [4.69, 9.17) is 24.7 Å². The van der Waals surface area contributed by atoms with Gasteiger partial charge in [0.2, 0.25) is 0 Å². The summed E-state index contributed by atoms with van der Waals surface area (Å²) >= 11 is 0. The van der Waals surface area contributed by atoms with Gasteiger partial charge >= 0.3 is 5.97 Å². The van der Waals surface area contributed by atoms with E-state index in [0.29, 0.717) is 25.6 Å². The lowest BCUT2D eigenvalue weighted by Crippen LogP contribution is -2.21. The molecule has 1 unspecified atom stereocenters. The Hall–Kier alpha value is -1.79. The molecule has 1 aliphatic heterocycles. The monoisotopic (exact) mass is 295 g/mol. The van der Waals surface area contributed by atoms with E-state index in [1.54, 1.807) is 6.92 Å². The molecule has 6 nitrogen and oxygen atoms in total. The molecule has 1 atom stereocenters. The molecule has 1 aromatic rings. The van der Waals surface area contributed by atoms with Gasteiger partial charge in [-0.25, -0.2) is 4.79 Å². The van der Waals surface area contributed by atoms with Crippen molar-refractivity contribution in [2.45, 2.75) is 19.4 Å². The van der Waals surface area contributed by atoms with Crippen molar-refractivity contribution in [3.05, 3.63) is 23.8 Å². The van der Waals surface area contributed by atoms with Crippen LogP contribution >= 0.6 is 0 Å².